The fourth-order valence-corrected chi connectivity index (χ4v) is 8.16. The van der Waals surface area contributed by atoms with E-state index >= 15 is 0 Å². The van der Waals surface area contributed by atoms with Crippen LogP contribution in [0, 0.1) is 18.8 Å². The van der Waals surface area contributed by atoms with Gasteiger partial charge < -0.3 is 30.1 Å². The van der Waals surface area contributed by atoms with Crippen LogP contribution in [0.5, 0.6) is 0 Å². The van der Waals surface area contributed by atoms with Crippen LogP contribution >= 0.6 is 11.6 Å². The first-order chi connectivity index (χ1) is 25.4. The Morgan fingerprint density at radius 2 is 1.60 bits per heavy atom. The van der Waals surface area contributed by atoms with Crippen LogP contribution < -0.4 is 10.6 Å². The third kappa shape index (κ3) is 8.77. The Balaban J connectivity index is 1.12. The lowest BCUT2D eigenvalue weighted by molar-refractivity contribution is -0.143. The minimum Gasteiger partial charge on any atom is -0.481 e. The van der Waals surface area contributed by atoms with Crippen LogP contribution in [-0.2, 0) is 29.6 Å². The monoisotopic (exact) mass is 744 g/mol. The standard InChI is InChI=1S/C40H53ClN8O4/c1-25-16-20-46(3)23-19-42-36(47(25)4)38(50)45-32-11-7-9-30(35(32)41)29-8-6-10-31(26(29)2)44-39(51)37-43-33-24-49(22-18-34(33)48(37)5)21-17-27-12-14-28(15-13-27)40(52)53/h6-11,25,27-28H,12-24H2,1-5H3,(H,44,51)(H,45,50)(H,52,53)/b42-36-/t25?,27-,28-. The molecular formula is C40H53ClN8O4. The van der Waals surface area contributed by atoms with Crippen molar-refractivity contribution >= 4 is 46.6 Å². The van der Waals surface area contributed by atoms with E-state index in [-0.39, 0.29) is 23.8 Å². The first-order valence-corrected chi connectivity index (χ1v) is 19.3. The van der Waals surface area contributed by atoms with Gasteiger partial charge in [0.15, 0.2) is 11.7 Å². The summed E-state index contributed by atoms with van der Waals surface area (Å²) in [7, 11) is 5.88. The molecule has 1 aromatic heterocycles. The number of anilines is 2. The summed E-state index contributed by atoms with van der Waals surface area (Å²) in [5.74, 6) is -0.114. The second-order valence-corrected chi connectivity index (χ2v) is 15.4. The van der Waals surface area contributed by atoms with Gasteiger partial charge in [-0.25, -0.2) is 4.98 Å². The molecule has 2 aliphatic heterocycles. The Labute approximate surface area is 317 Å². The predicted molar refractivity (Wildman–Crippen MR) is 210 cm³/mol. The zero-order chi connectivity index (χ0) is 37.8. The van der Waals surface area contributed by atoms with Crippen molar-refractivity contribution in [3.8, 4) is 11.1 Å². The maximum atomic E-state index is 13.7. The summed E-state index contributed by atoms with van der Waals surface area (Å²) in [4.78, 5) is 54.7. The molecular weight excluding hydrogens is 692 g/mol. The molecule has 284 valence electrons. The van der Waals surface area contributed by atoms with E-state index < -0.39 is 5.97 Å². The Bertz CT molecular complexity index is 1870. The second-order valence-electron chi connectivity index (χ2n) is 15.1. The van der Waals surface area contributed by atoms with Crippen LogP contribution in [0.15, 0.2) is 41.4 Å². The van der Waals surface area contributed by atoms with E-state index in [1.165, 1.54) is 0 Å². The summed E-state index contributed by atoms with van der Waals surface area (Å²) in [6, 6.07) is 11.4. The number of aromatic nitrogens is 2. The van der Waals surface area contributed by atoms with Gasteiger partial charge in [0, 0.05) is 63.1 Å². The van der Waals surface area contributed by atoms with Crippen LogP contribution in [0.2, 0.25) is 5.02 Å². The van der Waals surface area contributed by atoms with Crippen molar-refractivity contribution in [2.75, 3.05) is 57.5 Å². The minimum absolute atomic E-state index is 0.141. The van der Waals surface area contributed by atoms with Gasteiger partial charge in [-0.05, 0) is 102 Å². The molecule has 3 aliphatic rings. The lowest BCUT2D eigenvalue weighted by Gasteiger charge is -2.30. The number of hydrogen-bond acceptors (Lipinski definition) is 8. The van der Waals surface area contributed by atoms with Gasteiger partial charge in [-0.3, -0.25) is 24.3 Å². The molecule has 3 aromatic rings. The molecule has 0 radical (unpaired) electrons. The summed E-state index contributed by atoms with van der Waals surface area (Å²) in [5, 5.41) is 15.8. The number of rotatable bonds is 9. The van der Waals surface area contributed by atoms with Crippen LogP contribution in [0.25, 0.3) is 11.1 Å². The van der Waals surface area contributed by atoms with Crippen LogP contribution in [-0.4, -0.2) is 106 Å². The number of hydrogen-bond donors (Lipinski definition) is 3. The number of carbonyl (C=O) groups is 3. The second kappa shape index (κ2) is 16.8. The summed E-state index contributed by atoms with van der Waals surface area (Å²) in [6.07, 6.45) is 6.29. The predicted octanol–water partition coefficient (Wildman–Crippen LogP) is 5.93. The number of carbonyl (C=O) groups excluding carboxylic acids is 2. The SMILES string of the molecule is Cc1c(NC(=O)c2nc3c(n2C)CCN(CC[C@H]2CC[C@H](C(=O)O)CC2)C3)cccc1-c1cccc(NC(=O)/C2=N/CCN(C)CCC(C)N2C)c1Cl. The first-order valence-electron chi connectivity index (χ1n) is 18.9. The Hall–Kier alpha value is -4.26. The number of carboxylic acid groups (broad SMARTS) is 1. The number of halogens is 1. The van der Waals surface area contributed by atoms with Crippen molar-refractivity contribution in [1.82, 2.24) is 24.3 Å². The van der Waals surface area contributed by atoms with E-state index in [1.807, 2.05) is 60.8 Å². The smallest absolute Gasteiger partial charge is 0.306 e. The fourth-order valence-electron chi connectivity index (χ4n) is 7.89. The van der Waals surface area contributed by atoms with Gasteiger partial charge in [0.1, 0.15) is 0 Å². The number of carboxylic acids is 1. The summed E-state index contributed by atoms with van der Waals surface area (Å²) < 4.78 is 1.91. The van der Waals surface area contributed by atoms with Crippen LogP contribution in [0.3, 0.4) is 0 Å². The number of nitrogens with one attached hydrogen (secondary N) is 2. The third-order valence-corrected chi connectivity index (χ3v) is 12.0. The maximum Gasteiger partial charge on any atom is 0.306 e. The number of aliphatic carboxylic acids is 1. The number of amidine groups is 1. The van der Waals surface area contributed by atoms with E-state index in [0.717, 1.165) is 99.2 Å². The van der Waals surface area contributed by atoms with Crippen molar-refractivity contribution < 1.29 is 19.5 Å². The Kier molecular flexibility index (Phi) is 12.2. The molecule has 12 nitrogen and oxygen atoms in total. The molecule has 1 fully saturated rings. The van der Waals surface area contributed by atoms with E-state index in [2.05, 4.69) is 39.4 Å². The maximum absolute atomic E-state index is 13.7. The molecule has 1 aliphatic carbocycles. The molecule has 6 rings (SSSR count). The van der Waals surface area contributed by atoms with Gasteiger partial charge >= 0.3 is 5.97 Å². The summed E-state index contributed by atoms with van der Waals surface area (Å²) in [6.45, 7) is 8.83. The van der Waals surface area contributed by atoms with Crippen molar-refractivity contribution in [3.05, 3.63) is 64.2 Å². The number of amides is 2. The van der Waals surface area contributed by atoms with Crippen molar-refractivity contribution in [2.24, 2.45) is 23.9 Å². The van der Waals surface area contributed by atoms with Gasteiger partial charge in [-0.15, -0.1) is 0 Å². The zero-order valence-electron chi connectivity index (χ0n) is 31.6. The van der Waals surface area contributed by atoms with Gasteiger partial charge in [0.25, 0.3) is 11.8 Å². The van der Waals surface area contributed by atoms with Gasteiger partial charge in [0.2, 0.25) is 0 Å². The molecule has 53 heavy (non-hydrogen) atoms. The average molecular weight is 745 g/mol. The molecule has 1 unspecified atom stereocenters. The van der Waals surface area contributed by atoms with E-state index in [1.54, 1.807) is 6.07 Å². The number of fused-ring (bicyclic) bond motifs is 1. The van der Waals surface area contributed by atoms with E-state index in [4.69, 9.17) is 16.6 Å². The van der Waals surface area contributed by atoms with Crippen LogP contribution in [0.4, 0.5) is 11.4 Å². The normalized spacial score (nSPS) is 22.5. The highest BCUT2D eigenvalue weighted by atomic mass is 35.5. The number of nitrogens with zero attached hydrogens (tertiary/aromatic N) is 6. The Morgan fingerprint density at radius 3 is 2.34 bits per heavy atom. The summed E-state index contributed by atoms with van der Waals surface area (Å²) in [5.41, 5.74) is 5.57. The van der Waals surface area contributed by atoms with E-state index in [0.29, 0.717) is 47.1 Å². The molecule has 2 amide bonds. The largest absolute Gasteiger partial charge is 0.481 e. The van der Waals surface area contributed by atoms with Crippen molar-refractivity contribution in [3.63, 3.8) is 0 Å². The molecule has 0 bridgehead atoms. The fraction of sp³-hybridized carbons (Fsp3) is 0.525. The van der Waals surface area contributed by atoms with Gasteiger partial charge in [0.05, 0.1) is 28.9 Å². The third-order valence-electron chi connectivity index (χ3n) is 11.6. The highest BCUT2D eigenvalue weighted by molar-refractivity contribution is 6.44. The van der Waals surface area contributed by atoms with Gasteiger partial charge in [-0.2, -0.15) is 0 Å². The summed E-state index contributed by atoms with van der Waals surface area (Å²) >= 11 is 6.99. The van der Waals surface area contributed by atoms with Crippen LogP contribution in [0.1, 0.15) is 73.0 Å². The average Bonchev–Trinajstić information content (AvgIpc) is 3.50. The highest BCUT2D eigenvalue weighted by Gasteiger charge is 2.29. The lowest BCUT2D eigenvalue weighted by Crippen LogP contribution is -2.42. The molecule has 13 heteroatoms. The number of imidazole rings is 1. The Morgan fingerprint density at radius 1 is 0.906 bits per heavy atom. The molecule has 1 atom stereocenters. The highest BCUT2D eigenvalue weighted by Crippen LogP contribution is 2.38. The lowest BCUT2D eigenvalue weighted by atomic mass is 9.80. The van der Waals surface area contributed by atoms with E-state index in [9.17, 15) is 19.5 Å². The molecule has 0 spiro atoms. The number of benzene rings is 2. The number of aliphatic imine (C=N–C) groups is 1. The molecule has 3 N–H and O–H groups in total. The van der Waals surface area contributed by atoms with Crippen molar-refractivity contribution in [1.29, 1.82) is 0 Å². The minimum atomic E-state index is -0.662. The quantitative estimate of drug-likeness (QED) is 0.245. The van der Waals surface area contributed by atoms with Gasteiger partial charge in [-0.1, -0.05) is 35.9 Å². The topological polar surface area (TPSA) is 135 Å². The first kappa shape index (κ1) is 38.5. The zero-order valence-corrected chi connectivity index (χ0v) is 32.4. The van der Waals surface area contributed by atoms with Crippen molar-refractivity contribution in [2.45, 2.75) is 71.4 Å². The molecule has 1 saturated carbocycles. The number of likely N-dealkylation sites (N-methyl/N-ethyl adjacent to an activating group) is 2. The molecule has 0 saturated heterocycles. The molecule has 3 heterocycles. The molecule has 2 aromatic carbocycles.